The molecule has 0 radical (unpaired) electrons. The summed E-state index contributed by atoms with van der Waals surface area (Å²) in [5.41, 5.74) is 5.98. The van der Waals surface area contributed by atoms with Gasteiger partial charge in [0.05, 0.1) is 12.9 Å². The van der Waals surface area contributed by atoms with Crippen molar-refractivity contribution in [1.82, 2.24) is 19.5 Å². The van der Waals surface area contributed by atoms with Crippen molar-refractivity contribution in [3.63, 3.8) is 0 Å². The average Bonchev–Trinajstić information content (AvgIpc) is 2.93. The summed E-state index contributed by atoms with van der Waals surface area (Å²) in [5.74, 6) is -0.0766. The van der Waals surface area contributed by atoms with Crippen molar-refractivity contribution in [2.24, 2.45) is 0 Å². The number of hydrogen-bond donors (Lipinski definition) is 3. The summed E-state index contributed by atoms with van der Waals surface area (Å²) in [6, 6.07) is 0. The lowest BCUT2D eigenvalue weighted by molar-refractivity contribution is -0.0495. The molecule has 8 nitrogen and oxygen atoms in total. The quantitative estimate of drug-likeness (QED) is 0.649. The van der Waals surface area contributed by atoms with Gasteiger partial charge in [-0.3, -0.25) is 4.57 Å². The molecule has 1 fully saturated rings. The molecule has 0 unspecified atom stereocenters. The Morgan fingerprint density at radius 3 is 2.90 bits per heavy atom. The van der Waals surface area contributed by atoms with Gasteiger partial charge in [0.2, 0.25) is 5.95 Å². The minimum absolute atomic E-state index is 0.0502. The van der Waals surface area contributed by atoms with E-state index >= 15 is 0 Å². The van der Waals surface area contributed by atoms with Crippen LogP contribution in [0.15, 0.2) is 6.33 Å². The second-order valence-electron chi connectivity index (χ2n) is 4.38. The maximum absolute atomic E-state index is 13.7. The first-order valence-electron chi connectivity index (χ1n) is 5.77. The molecule has 0 aliphatic carbocycles. The van der Waals surface area contributed by atoms with E-state index in [-0.39, 0.29) is 22.3 Å². The number of alkyl halides is 1. The molecule has 20 heavy (non-hydrogen) atoms. The number of fused-ring (bicyclic) bond motifs is 1. The van der Waals surface area contributed by atoms with E-state index in [2.05, 4.69) is 15.0 Å². The van der Waals surface area contributed by atoms with E-state index < -0.39 is 31.2 Å². The van der Waals surface area contributed by atoms with Gasteiger partial charge in [0.1, 0.15) is 17.7 Å². The summed E-state index contributed by atoms with van der Waals surface area (Å²) in [7, 11) is 0. The van der Waals surface area contributed by atoms with Gasteiger partial charge in [0.15, 0.2) is 23.2 Å². The zero-order valence-corrected chi connectivity index (χ0v) is 10.8. The molecule has 4 atom stereocenters. The highest BCUT2D eigenvalue weighted by Gasteiger charge is 2.45. The molecule has 0 bridgehead atoms. The van der Waals surface area contributed by atoms with Gasteiger partial charge in [-0.2, -0.15) is 9.97 Å². The smallest absolute Gasteiger partial charge is 0.223 e. The van der Waals surface area contributed by atoms with Crippen LogP contribution in [0.4, 0.5) is 10.3 Å². The summed E-state index contributed by atoms with van der Waals surface area (Å²) in [6.45, 7) is -0.542. The van der Waals surface area contributed by atoms with Gasteiger partial charge in [0, 0.05) is 0 Å². The number of nitrogens with two attached hydrogens (primary N) is 1. The van der Waals surface area contributed by atoms with Crippen LogP contribution in [0.1, 0.15) is 6.23 Å². The SMILES string of the molecule is Nc1nc(Cl)c2ncn([C@H]3O[C@H](CO)[C@@H](F)[C@@H]3O)c2n1. The Bertz CT molecular complexity index is 653. The molecule has 1 saturated heterocycles. The lowest BCUT2D eigenvalue weighted by Gasteiger charge is -2.16. The summed E-state index contributed by atoms with van der Waals surface area (Å²) in [6.07, 6.45) is -4.05. The molecule has 10 heteroatoms. The highest BCUT2D eigenvalue weighted by Crippen LogP contribution is 2.33. The molecule has 3 rings (SSSR count). The van der Waals surface area contributed by atoms with Gasteiger partial charge in [-0.15, -0.1) is 0 Å². The number of aliphatic hydroxyl groups excluding tert-OH is 2. The van der Waals surface area contributed by atoms with Gasteiger partial charge in [0.25, 0.3) is 0 Å². The van der Waals surface area contributed by atoms with E-state index in [0.717, 1.165) is 0 Å². The van der Waals surface area contributed by atoms with Crippen molar-refractivity contribution in [2.75, 3.05) is 12.3 Å². The molecule has 1 aliphatic rings. The Hall–Kier alpha value is -1.55. The fourth-order valence-corrected chi connectivity index (χ4v) is 2.39. The molecule has 108 valence electrons. The first-order chi connectivity index (χ1) is 9.52. The first kappa shape index (κ1) is 13.4. The van der Waals surface area contributed by atoms with E-state index in [9.17, 15) is 9.50 Å². The number of aliphatic hydroxyl groups is 2. The molecular weight excluding hydrogens is 293 g/mol. The van der Waals surface area contributed by atoms with Crippen molar-refractivity contribution >= 4 is 28.7 Å². The largest absolute Gasteiger partial charge is 0.394 e. The number of nitrogen functional groups attached to an aromatic ring is 1. The number of imidazole rings is 1. The van der Waals surface area contributed by atoms with Crippen LogP contribution in [0.2, 0.25) is 5.15 Å². The van der Waals surface area contributed by atoms with Crippen LogP contribution in [-0.4, -0.2) is 54.7 Å². The summed E-state index contributed by atoms with van der Waals surface area (Å²) in [5, 5.41) is 18.9. The van der Waals surface area contributed by atoms with E-state index in [1.54, 1.807) is 0 Å². The number of nitrogens with zero attached hydrogens (tertiary/aromatic N) is 4. The molecule has 3 heterocycles. The summed E-state index contributed by atoms with van der Waals surface area (Å²) >= 11 is 5.88. The molecule has 0 saturated carbocycles. The number of ether oxygens (including phenoxy) is 1. The first-order valence-corrected chi connectivity index (χ1v) is 6.14. The van der Waals surface area contributed by atoms with Crippen LogP contribution in [0, 0.1) is 0 Å². The second kappa shape index (κ2) is 4.77. The van der Waals surface area contributed by atoms with Gasteiger partial charge < -0.3 is 20.7 Å². The van der Waals surface area contributed by atoms with Crippen molar-refractivity contribution in [3.8, 4) is 0 Å². The van der Waals surface area contributed by atoms with Gasteiger partial charge in [-0.05, 0) is 0 Å². The van der Waals surface area contributed by atoms with Crippen LogP contribution < -0.4 is 5.73 Å². The van der Waals surface area contributed by atoms with Crippen molar-refractivity contribution in [1.29, 1.82) is 0 Å². The number of aromatic nitrogens is 4. The average molecular weight is 304 g/mol. The lowest BCUT2D eigenvalue weighted by atomic mass is 10.1. The predicted octanol–water partition coefficient (Wildman–Crippen LogP) is -0.349. The van der Waals surface area contributed by atoms with Crippen LogP contribution in [-0.2, 0) is 4.74 Å². The van der Waals surface area contributed by atoms with Crippen molar-refractivity contribution < 1.29 is 19.3 Å². The van der Waals surface area contributed by atoms with Crippen LogP contribution >= 0.6 is 11.6 Å². The number of hydrogen-bond acceptors (Lipinski definition) is 7. The minimum Gasteiger partial charge on any atom is -0.394 e. The molecule has 1 aliphatic heterocycles. The van der Waals surface area contributed by atoms with E-state index in [1.807, 2.05) is 0 Å². The van der Waals surface area contributed by atoms with Crippen molar-refractivity contribution in [2.45, 2.75) is 24.6 Å². The van der Waals surface area contributed by atoms with E-state index in [1.165, 1.54) is 10.9 Å². The highest BCUT2D eigenvalue weighted by molar-refractivity contribution is 6.33. The van der Waals surface area contributed by atoms with Crippen molar-refractivity contribution in [3.05, 3.63) is 11.5 Å². The maximum atomic E-state index is 13.7. The van der Waals surface area contributed by atoms with E-state index in [4.69, 9.17) is 27.2 Å². The molecule has 0 spiro atoms. The topological polar surface area (TPSA) is 119 Å². The zero-order chi connectivity index (χ0) is 14.4. The fraction of sp³-hybridized carbons (Fsp3) is 0.500. The monoisotopic (exact) mass is 303 g/mol. The van der Waals surface area contributed by atoms with E-state index in [0.29, 0.717) is 0 Å². The third kappa shape index (κ3) is 1.90. The standard InChI is InChI=1S/C10H11ClFN5O3/c11-7-5-8(16-10(13)15-7)17(2-14-5)9-6(19)4(12)3(1-18)20-9/h2-4,6,9,18-19H,1H2,(H2,13,15,16)/t3-,4-,6+,9+/m1/s1. The van der Waals surface area contributed by atoms with Gasteiger partial charge in [-0.1, -0.05) is 11.6 Å². The lowest BCUT2D eigenvalue weighted by Crippen LogP contribution is -2.29. The number of rotatable bonds is 2. The Kier molecular flexibility index (Phi) is 3.21. The predicted molar refractivity (Wildman–Crippen MR) is 66.6 cm³/mol. The Morgan fingerprint density at radius 1 is 1.50 bits per heavy atom. The molecule has 2 aromatic heterocycles. The molecular formula is C10H11ClFN5O3. The highest BCUT2D eigenvalue weighted by atomic mass is 35.5. The Balaban J connectivity index is 2.07. The normalized spacial score (nSPS) is 30.2. The fourth-order valence-electron chi connectivity index (χ4n) is 2.17. The molecule has 2 aromatic rings. The number of halogens is 2. The third-order valence-electron chi connectivity index (χ3n) is 3.14. The van der Waals surface area contributed by atoms with Crippen LogP contribution in [0.5, 0.6) is 0 Å². The van der Waals surface area contributed by atoms with Crippen LogP contribution in [0.3, 0.4) is 0 Å². The molecule has 0 aromatic carbocycles. The molecule has 4 N–H and O–H groups in total. The summed E-state index contributed by atoms with van der Waals surface area (Å²) in [4.78, 5) is 11.7. The third-order valence-corrected chi connectivity index (χ3v) is 3.40. The number of anilines is 1. The second-order valence-corrected chi connectivity index (χ2v) is 4.74. The van der Waals surface area contributed by atoms with Crippen LogP contribution in [0.25, 0.3) is 11.2 Å². The molecule has 0 amide bonds. The Morgan fingerprint density at radius 2 is 2.25 bits per heavy atom. The van der Waals surface area contributed by atoms with Gasteiger partial charge >= 0.3 is 0 Å². The summed E-state index contributed by atoms with van der Waals surface area (Å²) < 4.78 is 20.3. The Labute approximate surface area is 117 Å². The minimum atomic E-state index is -1.71. The zero-order valence-electron chi connectivity index (χ0n) is 10.0. The van der Waals surface area contributed by atoms with Gasteiger partial charge in [-0.25, -0.2) is 9.37 Å². The maximum Gasteiger partial charge on any atom is 0.223 e.